The molecule has 0 fully saturated rings. The number of aromatic nitrogens is 2. The molecule has 1 aromatic heterocycles. The van der Waals surface area contributed by atoms with Gasteiger partial charge >= 0.3 is 0 Å². The average molecular weight is 328 g/mol. The van der Waals surface area contributed by atoms with Crippen LogP contribution in [0, 0.1) is 12.7 Å². The third-order valence-electron chi connectivity index (χ3n) is 2.23. The molecule has 0 radical (unpaired) electrons. The number of anilines is 1. The van der Waals surface area contributed by atoms with Crippen LogP contribution in [0.15, 0.2) is 33.9 Å². The summed E-state index contributed by atoms with van der Waals surface area (Å²) in [6, 6.07) is 6.70. The summed E-state index contributed by atoms with van der Waals surface area (Å²) in [6.07, 6.45) is 0. The van der Waals surface area contributed by atoms with Gasteiger partial charge in [-0.2, -0.15) is 0 Å². The lowest BCUT2D eigenvalue weighted by Gasteiger charge is -2.04. The zero-order valence-corrected chi connectivity index (χ0v) is 12.1. The first-order chi connectivity index (χ1) is 8.54. The van der Waals surface area contributed by atoms with Gasteiger partial charge in [0.15, 0.2) is 5.16 Å². The normalized spacial score (nSPS) is 10.6. The number of hydrogen-bond donors (Lipinski definition) is 1. The summed E-state index contributed by atoms with van der Waals surface area (Å²) in [7, 11) is 0. The topological polar surface area (TPSA) is 51.8 Å². The van der Waals surface area contributed by atoms with Gasteiger partial charge in [0, 0.05) is 22.0 Å². The van der Waals surface area contributed by atoms with Crippen LogP contribution >= 0.6 is 27.7 Å². The first kappa shape index (κ1) is 13.3. The summed E-state index contributed by atoms with van der Waals surface area (Å²) in [6.45, 7) is 1.85. The first-order valence-electron chi connectivity index (χ1n) is 5.22. The fourth-order valence-electron chi connectivity index (χ4n) is 1.41. The van der Waals surface area contributed by atoms with Crippen LogP contribution in [0.3, 0.4) is 0 Å². The molecule has 2 aromatic rings. The molecule has 0 aliphatic rings. The first-order valence-corrected chi connectivity index (χ1v) is 7.00. The van der Waals surface area contributed by atoms with E-state index in [2.05, 4.69) is 25.9 Å². The van der Waals surface area contributed by atoms with Gasteiger partial charge in [0.25, 0.3) is 0 Å². The van der Waals surface area contributed by atoms with Crippen molar-refractivity contribution in [3.8, 4) is 0 Å². The maximum absolute atomic E-state index is 13.6. The zero-order valence-electron chi connectivity index (χ0n) is 9.65. The summed E-state index contributed by atoms with van der Waals surface area (Å²) in [5.41, 5.74) is 7.06. The Kier molecular flexibility index (Phi) is 4.19. The van der Waals surface area contributed by atoms with E-state index in [0.29, 0.717) is 22.3 Å². The highest BCUT2D eigenvalue weighted by molar-refractivity contribution is 9.10. The number of aryl methyl sites for hydroxylation is 1. The molecule has 18 heavy (non-hydrogen) atoms. The highest BCUT2D eigenvalue weighted by atomic mass is 79.9. The molecule has 2 N–H and O–H groups in total. The van der Waals surface area contributed by atoms with E-state index in [1.54, 1.807) is 12.1 Å². The predicted octanol–water partition coefficient (Wildman–Crippen LogP) is 3.56. The van der Waals surface area contributed by atoms with Gasteiger partial charge in [-0.3, -0.25) is 0 Å². The SMILES string of the molecule is Cc1cc(N)nc(SCc2ccc(Br)cc2F)n1. The maximum Gasteiger partial charge on any atom is 0.190 e. The van der Waals surface area contributed by atoms with E-state index in [1.807, 2.05) is 13.0 Å². The average Bonchev–Trinajstić information content (AvgIpc) is 2.26. The van der Waals surface area contributed by atoms with Gasteiger partial charge in [-0.1, -0.05) is 33.8 Å². The number of nitrogens with zero attached hydrogens (tertiary/aromatic N) is 2. The Hall–Kier alpha value is -1.14. The second-order valence-electron chi connectivity index (χ2n) is 3.74. The van der Waals surface area contributed by atoms with E-state index in [0.717, 1.165) is 10.2 Å². The Morgan fingerprint density at radius 3 is 2.78 bits per heavy atom. The minimum Gasteiger partial charge on any atom is -0.384 e. The van der Waals surface area contributed by atoms with Crippen LogP contribution in [0.2, 0.25) is 0 Å². The molecule has 0 aliphatic heterocycles. The van der Waals surface area contributed by atoms with Gasteiger partial charge < -0.3 is 5.73 Å². The largest absolute Gasteiger partial charge is 0.384 e. The van der Waals surface area contributed by atoms with Crippen molar-refractivity contribution in [3.05, 3.63) is 45.8 Å². The van der Waals surface area contributed by atoms with Crippen molar-refractivity contribution in [1.82, 2.24) is 9.97 Å². The number of nitrogen functional groups attached to an aromatic ring is 1. The molecule has 0 atom stereocenters. The molecule has 0 amide bonds. The minimum absolute atomic E-state index is 0.238. The third-order valence-corrected chi connectivity index (χ3v) is 3.61. The van der Waals surface area contributed by atoms with E-state index in [9.17, 15) is 4.39 Å². The van der Waals surface area contributed by atoms with Crippen molar-refractivity contribution in [2.75, 3.05) is 5.73 Å². The Morgan fingerprint density at radius 2 is 2.11 bits per heavy atom. The third kappa shape index (κ3) is 3.43. The molecule has 0 spiro atoms. The number of hydrogen-bond acceptors (Lipinski definition) is 4. The van der Waals surface area contributed by atoms with Gasteiger partial charge in [-0.25, -0.2) is 14.4 Å². The highest BCUT2D eigenvalue weighted by Crippen LogP contribution is 2.23. The van der Waals surface area contributed by atoms with Crippen molar-refractivity contribution >= 4 is 33.5 Å². The Balaban J connectivity index is 2.11. The minimum atomic E-state index is -0.238. The van der Waals surface area contributed by atoms with Gasteiger partial charge in [-0.15, -0.1) is 0 Å². The molecule has 0 saturated carbocycles. The van der Waals surface area contributed by atoms with Crippen molar-refractivity contribution < 1.29 is 4.39 Å². The molecule has 0 aliphatic carbocycles. The number of thioether (sulfide) groups is 1. The molecule has 1 aromatic carbocycles. The lowest BCUT2D eigenvalue weighted by atomic mass is 10.2. The molecular formula is C12H11BrFN3S. The van der Waals surface area contributed by atoms with Crippen LogP contribution in [0.5, 0.6) is 0 Å². The Morgan fingerprint density at radius 1 is 1.33 bits per heavy atom. The maximum atomic E-state index is 13.6. The molecule has 0 saturated heterocycles. The monoisotopic (exact) mass is 327 g/mol. The molecule has 6 heteroatoms. The lowest BCUT2D eigenvalue weighted by molar-refractivity contribution is 0.616. The van der Waals surface area contributed by atoms with Crippen LogP contribution in [0.25, 0.3) is 0 Å². The van der Waals surface area contributed by atoms with E-state index in [4.69, 9.17) is 5.73 Å². The summed E-state index contributed by atoms with van der Waals surface area (Å²) in [5, 5.41) is 0.565. The van der Waals surface area contributed by atoms with Crippen molar-refractivity contribution in [3.63, 3.8) is 0 Å². The second-order valence-corrected chi connectivity index (χ2v) is 5.60. The fourth-order valence-corrected chi connectivity index (χ4v) is 2.64. The lowest BCUT2D eigenvalue weighted by Crippen LogP contribution is -1.97. The highest BCUT2D eigenvalue weighted by Gasteiger charge is 2.06. The standard InChI is InChI=1S/C12H11BrFN3S/c1-7-4-11(15)17-12(16-7)18-6-8-2-3-9(13)5-10(8)14/h2-5H,6H2,1H3,(H2,15,16,17). The fraction of sp³-hybridized carbons (Fsp3) is 0.167. The number of rotatable bonds is 3. The second kappa shape index (κ2) is 5.67. The van der Waals surface area contributed by atoms with Crippen molar-refractivity contribution in [2.45, 2.75) is 17.8 Å². The number of nitrogens with two attached hydrogens (primary N) is 1. The molecule has 0 bridgehead atoms. The van der Waals surface area contributed by atoms with Crippen LogP contribution < -0.4 is 5.73 Å². The molecule has 94 valence electrons. The summed E-state index contributed by atoms with van der Waals surface area (Å²) in [5.74, 6) is 0.668. The van der Waals surface area contributed by atoms with Crippen LogP contribution in [0.1, 0.15) is 11.3 Å². The quantitative estimate of drug-likeness (QED) is 0.691. The summed E-state index contributed by atoms with van der Waals surface area (Å²) in [4.78, 5) is 8.33. The molecule has 2 rings (SSSR count). The Bertz CT molecular complexity index is 557. The summed E-state index contributed by atoms with van der Waals surface area (Å²) >= 11 is 4.59. The predicted molar refractivity (Wildman–Crippen MR) is 74.8 cm³/mol. The van der Waals surface area contributed by atoms with Crippen LogP contribution in [0.4, 0.5) is 10.2 Å². The van der Waals surface area contributed by atoms with E-state index >= 15 is 0 Å². The zero-order chi connectivity index (χ0) is 13.1. The van der Waals surface area contributed by atoms with Crippen LogP contribution in [-0.2, 0) is 5.75 Å². The Labute approximate surface area is 117 Å². The van der Waals surface area contributed by atoms with E-state index < -0.39 is 0 Å². The van der Waals surface area contributed by atoms with Crippen molar-refractivity contribution in [2.24, 2.45) is 0 Å². The number of halogens is 2. The molecule has 0 unspecified atom stereocenters. The van der Waals surface area contributed by atoms with Gasteiger partial charge in [-0.05, 0) is 24.6 Å². The van der Waals surface area contributed by atoms with E-state index in [1.165, 1.54) is 17.8 Å². The smallest absolute Gasteiger partial charge is 0.190 e. The van der Waals surface area contributed by atoms with Crippen LogP contribution in [-0.4, -0.2) is 9.97 Å². The number of benzene rings is 1. The molecule has 1 heterocycles. The van der Waals surface area contributed by atoms with Gasteiger partial charge in [0.05, 0.1) is 0 Å². The van der Waals surface area contributed by atoms with Gasteiger partial charge in [0.1, 0.15) is 11.6 Å². The molecular weight excluding hydrogens is 317 g/mol. The summed E-state index contributed by atoms with van der Waals surface area (Å²) < 4.78 is 14.3. The molecule has 3 nitrogen and oxygen atoms in total. The van der Waals surface area contributed by atoms with Gasteiger partial charge in [0.2, 0.25) is 0 Å². The van der Waals surface area contributed by atoms with Crippen molar-refractivity contribution in [1.29, 1.82) is 0 Å². The van der Waals surface area contributed by atoms with E-state index in [-0.39, 0.29) is 5.82 Å².